The average Bonchev–Trinajstić information content (AvgIpc) is 2.05. The predicted molar refractivity (Wildman–Crippen MR) is 65.9 cm³/mol. The van der Waals surface area contributed by atoms with Crippen LogP contribution in [0.25, 0.3) is 0 Å². The van der Waals surface area contributed by atoms with Gasteiger partial charge in [0.25, 0.3) is 0 Å². The molecule has 5 nitrogen and oxygen atoms in total. The van der Waals surface area contributed by atoms with Crippen LogP contribution in [0, 0.1) is 0 Å². The van der Waals surface area contributed by atoms with Crippen LogP contribution in [0.4, 0.5) is 4.79 Å². The normalized spacial score (nSPS) is 25.5. The minimum atomic E-state index is -0.447. The molecule has 0 bridgehead atoms. The van der Waals surface area contributed by atoms with Crippen molar-refractivity contribution in [3.05, 3.63) is 0 Å². The lowest BCUT2D eigenvalue weighted by atomic mass is 10.0. The minimum absolute atomic E-state index is 0. The number of carbonyl (C=O) groups is 1. The molecule has 1 saturated heterocycles. The van der Waals surface area contributed by atoms with E-state index < -0.39 is 6.10 Å². The molecule has 0 aromatic heterocycles. The lowest BCUT2D eigenvalue weighted by molar-refractivity contribution is 0.101. The highest BCUT2D eigenvalue weighted by atomic mass is 35.5. The summed E-state index contributed by atoms with van der Waals surface area (Å²) in [4.78, 5) is 11.5. The summed E-state index contributed by atoms with van der Waals surface area (Å²) in [5.74, 6) is 0. The van der Waals surface area contributed by atoms with E-state index in [4.69, 9.17) is 0 Å². The van der Waals surface area contributed by atoms with Crippen molar-refractivity contribution in [1.82, 2.24) is 16.0 Å². The van der Waals surface area contributed by atoms with Crippen LogP contribution in [0.15, 0.2) is 0 Å². The Hall–Kier alpha value is -0.520. The third kappa shape index (κ3) is 5.53. The summed E-state index contributed by atoms with van der Waals surface area (Å²) in [5, 5.41) is 18.3. The van der Waals surface area contributed by atoms with Crippen molar-refractivity contribution >= 4 is 18.4 Å². The maximum absolute atomic E-state index is 11.5. The van der Waals surface area contributed by atoms with Gasteiger partial charge in [0.1, 0.15) is 0 Å². The standard InChI is InChI=1S/C10H21N3O2.ClH/c1-10(2,3)13-9(15)12-7-6-11-5-4-8(7)14;/h7-8,11,14H,4-6H2,1-3H3,(H2,12,13,15);1H/t7-,8+;/m0./s1. The number of piperidine rings is 1. The highest BCUT2D eigenvalue weighted by Crippen LogP contribution is 2.04. The number of halogens is 1. The molecule has 0 saturated carbocycles. The summed E-state index contributed by atoms with van der Waals surface area (Å²) in [6.07, 6.45) is 0.234. The number of nitrogens with one attached hydrogen (secondary N) is 3. The fourth-order valence-corrected chi connectivity index (χ4v) is 1.54. The fraction of sp³-hybridized carbons (Fsp3) is 0.900. The molecule has 1 fully saturated rings. The Kier molecular flexibility index (Phi) is 6.07. The van der Waals surface area contributed by atoms with E-state index in [-0.39, 0.29) is 30.0 Å². The van der Waals surface area contributed by atoms with Gasteiger partial charge in [0, 0.05) is 12.1 Å². The molecule has 0 spiro atoms. The van der Waals surface area contributed by atoms with Gasteiger partial charge in [-0.25, -0.2) is 4.79 Å². The molecule has 1 rings (SSSR count). The van der Waals surface area contributed by atoms with E-state index in [0.717, 1.165) is 6.54 Å². The highest BCUT2D eigenvalue weighted by Gasteiger charge is 2.25. The molecule has 16 heavy (non-hydrogen) atoms. The Balaban J connectivity index is 0.00000225. The molecule has 2 amide bonds. The number of amides is 2. The SMILES string of the molecule is CC(C)(C)NC(=O)N[C@H]1CNCC[C@H]1O.Cl. The van der Waals surface area contributed by atoms with E-state index in [1.54, 1.807) is 0 Å². The van der Waals surface area contributed by atoms with E-state index in [1.807, 2.05) is 20.8 Å². The summed E-state index contributed by atoms with van der Waals surface area (Å²) in [6, 6.07) is -0.420. The molecule has 2 atom stereocenters. The van der Waals surface area contributed by atoms with E-state index in [2.05, 4.69) is 16.0 Å². The molecule has 4 N–H and O–H groups in total. The quantitative estimate of drug-likeness (QED) is 0.539. The molecule has 0 unspecified atom stereocenters. The van der Waals surface area contributed by atoms with Crippen molar-refractivity contribution in [2.45, 2.75) is 44.9 Å². The molecular formula is C10H22ClN3O2. The van der Waals surface area contributed by atoms with Crippen LogP contribution in [-0.2, 0) is 0 Å². The molecular weight excluding hydrogens is 230 g/mol. The molecule has 0 aliphatic carbocycles. The van der Waals surface area contributed by atoms with Crippen LogP contribution in [0.3, 0.4) is 0 Å². The van der Waals surface area contributed by atoms with Crippen LogP contribution >= 0.6 is 12.4 Å². The minimum Gasteiger partial charge on any atom is -0.391 e. The first kappa shape index (κ1) is 15.5. The summed E-state index contributed by atoms with van der Waals surface area (Å²) in [7, 11) is 0. The zero-order valence-electron chi connectivity index (χ0n) is 10.0. The third-order valence-corrected chi connectivity index (χ3v) is 2.25. The Morgan fingerprint density at radius 3 is 2.56 bits per heavy atom. The van der Waals surface area contributed by atoms with Gasteiger partial charge in [-0.3, -0.25) is 0 Å². The Morgan fingerprint density at radius 2 is 2.06 bits per heavy atom. The van der Waals surface area contributed by atoms with Crippen LogP contribution in [0.5, 0.6) is 0 Å². The van der Waals surface area contributed by atoms with E-state index >= 15 is 0 Å². The maximum atomic E-state index is 11.5. The zero-order valence-corrected chi connectivity index (χ0v) is 10.9. The van der Waals surface area contributed by atoms with Gasteiger partial charge in [-0.05, 0) is 33.7 Å². The average molecular weight is 252 g/mol. The van der Waals surface area contributed by atoms with Gasteiger partial charge in [-0.1, -0.05) is 0 Å². The highest BCUT2D eigenvalue weighted by molar-refractivity contribution is 5.85. The summed E-state index contributed by atoms with van der Waals surface area (Å²) in [5.41, 5.74) is -0.253. The van der Waals surface area contributed by atoms with Crippen molar-refractivity contribution in [3.8, 4) is 0 Å². The number of carbonyl (C=O) groups excluding carboxylic acids is 1. The summed E-state index contributed by atoms with van der Waals surface area (Å²) < 4.78 is 0. The maximum Gasteiger partial charge on any atom is 0.315 e. The molecule has 0 radical (unpaired) electrons. The smallest absolute Gasteiger partial charge is 0.315 e. The zero-order chi connectivity index (χ0) is 11.5. The second-order valence-electron chi connectivity index (χ2n) is 5.02. The van der Waals surface area contributed by atoms with Gasteiger partial charge >= 0.3 is 6.03 Å². The molecule has 0 aromatic carbocycles. The van der Waals surface area contributed by atoms with Crippen molar-refractivity contribution in [2.24, 2.45) is 0 Å². The molecule has 6 heteroatoms. The van der Waals surface area contributed by atoms with E-state index in [1.165, 1.54) is 0 Å². The van der Waals surface area contributed by atoms with Crippen molar-refractivity contribution in [3.63, 3.8) is 0 Å². The van der Waals surface area contributed by atoms with Gasteiger partial charge in [-0.2, -0.15) is 0 Å². The van der Waals surface area contributed by atoms with Crippen LogP contribution in [0.1, 0.15) is 27.2 Å². The number of aliphatic hydroxyl groups is 1. The van der Waals surface area contributed by atoms with Gasteiger partial charge in [0.15, 0.2) is 0 Å². The first-order valence-corrected chi connectivity index (χ1v) is 5.36. The third-order valence-electron chi connectivity index (χ3n) is 2.25. The second-order valence-corrected chi connectivity index (χ2v) is 5.02. The van der Waals surface area contributed by atoms with Gasteiger partial charge < -0.3 is 21.1 Å². The van der Waals surface area contributed by atoms with Gasteiger partial charge in [0.2, 0.25) is 0 Å². The van der Waals surface area contributed by atoms with Crippen LogP contribution in [-0.4, -0.2) is 41.9 Å². The number of hydrogen-bond acceptors (Lipinski definition) is 3. The first-order valence-electron chi connectivity index (χ1n) is 5.36. The molecule has 1 aliphatic rings. The Morgan fingerprint density at radius 1 is 1.44 bits per heavy atom. The fourth-order valence-electron chi connectivity index (χ4n) is 1.54. The van der Waals surface area contributed by atoms with Crippen LogP contribution < -0.4 is 16.0 Å². The van der Waals surface area contributed by atoms with Crippen molar-refractivity contribution in [2.75, 3.05) is 13.1 Å². The number of hydrogen-bond donors (Lipinski definition) is 4. The Bertz CT molecular complexity index is 231. The van der Waals surface area contributed by atoms with E-state index in [0.29, 0.717) is 13.0 Å². The monoisotopic (exact) mass is 251 g/mol. The summed E-state index contributed by atoms with van der Waals surface area (Å²) >= 11 is 0. The van der Waals surface area contributed by atoms with Crippen molar-refractivity contribution in [1.29, 1.82) is 0 Å². The first-order chi connectivity index (χ1) is 6.88. The van der Waals surface area contributed by atoms with E-state index in [9.17, 15) is 9.90 Å². The lowest BCUT2D eigenvalue weighted by Gasteiger charge is -2.30. The summed E-state index contributed by atoms with van der Waals surface area (Å²) in [6.45, 7) is 7.19. The number of rotatable bonds is 1. The number of aliphatic hydroxyl groups excluding tert-OH is 1. The second kappa shape index (κ2) is 6.27. The van der Waals surface area contributed by atoms with Gasteiger partial charge in [-0.15, -0.1) is 12.4 Å². The number of urea groups is 1. The molecule has 1 heterocycles. The topological polar surface area (TPSA) is 73.4 Å². The van der Waals surface area contributed by atoms with Crippen molar-refractivity contribution < 1.29 is 9.90 Å². The largest absolute Gasteiger partial charge is 0.391 e. The molecule has 96 valence electrons. The molecule has 0 aromatic rings. The Labute approximate surface area is 103 Å². The van der Waals surface area contributed by atoms with Gasteiger partial charge in [0.05, 0.1) is 12.1 Å². The lowest BCUT2D eigenvalue weighted by Crippen LogP contribution is -2.58. The van der Waals surface area contributed by atoms with Crippen LogP contribution in [0.2, 0.25) is 0 Å². The molecule has 1 aliphatic heterocycles. The predicted octanol–water partition coefficient (Wildman–Crippen LogP) is 0.229.